The highest BCUT2D eigenvalue weighted by molar-refractivity contribution is 5.86. The summed E-state index contributed by atoms with van der Waals surface area (Å²) in [4.78, 5) is 27.9. The van der Waals surface area contributed by atoms with Crippen LogP contribution in [0, 0.1) is 5.92 Å². The van der Waals surface area contributed by atoms with Crippen LogP contribution in [0.2, 0.25) is 0 Å². The summed E-state index contributed by atoms with van der Waals surface area (Å²) in [5, 5.41) is 0. The molecule has 0 saturated carbocycles. The minimum atomic E-state index is -0.135. The van der Waals surface area contributed by atoms with E-state index in [1.54, 1.807) is 11.9 Å². The summed E-state index contributed by atoms with van der Waals surface area (Å²) in [7, 11) is 1.80. The molecule has 1 aliphatic rings. The molecule has 2 amide bonds. The van der Waals surface area contributed by atoms with E-state index in [2.05, 4.69) is 12.1 Å². The molecule has 1 aromatic carbocycles. The van der Waals surface area contributed by atoms with Gasteiger partial charge in [-0.1, -0.05) is 30.3 Å². The van der Waals surface area contributed by atoms with Gasteiger partial charge >= 0.3 is 0 Å². The average Bonchev–Trinajstić information content (AvgIpc) is 2.51. The van der Waals surface area contributed by atoms with Crippen LogP contribution in [0.1, 0.15) is 25.3 Å². The second-order valence-corrected chi connectivity index (χ2v) is 5.66. The zero-order chi connectivity index (χ0) is 15.2. The number of piperidine rings is 1. The van der Waals surface area contributed by atoms with Crippen molar-refractivity contribution in [2.24, 2.45) is 5.92 Å². The molecule has 0 bridgehead atoms. The molecular formula is C17H24N2O2. The topological polar surface area (TPSA) is 40.6 Å². The maximum Gasteiger partial charge on any atom is 0.226 e. The third-order valence-electron chi connectivity index (χ3n) is 4.22. The van der Waals surface area contributed by atoms with Gasteiger partial charge in [-0.25, -0.2) is 0 Å². The van der Waals surface area contributed by atoms with E-state index in [0.717, 1.165) is 19.4 Å². The molecule has 114 valence electrons. The summed E-state index contributed by atoms with van der Waals surface area (Å²) in [6, 6.07) is 10.2. The molecule has 1 atom stereocenters. The number of likely N-dealkylation sites (tertiary alicyclic amines) is 1. The first-order chi connectivity index (χ1) is 10.1. The summed E-state index contributed by atoms with van der Waals surface area (Å²) in [5.41, 5.74) is 1.24. The lowest BCUT2D eigenvalue weighted by molar-refractivity contribution is -0.144. The van der Waals surface area contributed by atoms with Crippen molar-refractivity contribution in [3.63, 3.8) is 0 Å². The first kappa shape index (κ1) is 15.5. The highest BCUT2D eigenvalue weighted by Crippen LogP contribution is 2.20. The van der Waals surface area contributed by atoms with Gasteiger partial charge in [-0.05, 0) is 25.3 Å². The van der Waals surface area contributed by atoms with Crippen molar-refractivity contribution in [2.45, 2.75) is 26.2 Å². The van der Waals surface area contributed by atoms with Gasteiger partial charge in [0.05, 0.1) is 0 Å². The van der Waals surface area contributed by atoms with Crippen LogP contribution in [0.4, 0.5) is 0 Å². The molecular weight excluding hydrogens is 264 g/mol. The summed E-state index contributed by atoms with van der Waals surface area (Å²) >= 11 is 0. The Hall–Kier alpha value is -1.84. The smallest absolute Gasteiger partial charge is 0.226 e. The van der Waals surface area contributed by atoms with Gasteiger partial charge in [0.25, 0.3) is 0 Å². The van der Waals surface area contributed by atoms with Crippen LogP contribution in [0.15, 0.2) is 30.3 Å². The van der Waals surface area contributed by atoms with Gasteiger partial charge < -0.3 is 9.80 Å². The number of hydrogen-bond donors (Lipinski definition) is 0. The number of carbonyl (C=O) groups excluding carboxylic acids is 2. The summed E-state index contributed by atoms with van der Waals surface area (Å²) in [6.45, 7) is 4.11. The Morgan fingerprint density at radius 3 is 2.67 bits per heavy atom. The SMILES string of the molecule is CCN(CCc1ccccc1)C(=O)[C@H]1CCN(C)C(=O)C1. The minimum Gasteiger partial charge on any atom is -0.346 e. The second kappa shape index (κ2) is 7.25. The Morgan fingerprint density at radius 2 is 2.05 bits per heavy atom. The molecule has 0 aliphatic carbocycles. The number of nitrogens with zero attached hydrogens (tertiary/aromatic N) is 2. The predicted molar refractivity (Wildman–Crippen MR) is 82.8 cm³/mol. The van der Waals surface area contributed by atoms with Crippen LogP contribution in [0.3, 0.4) is 0 Å². The fourth-order valence-corrected chi connectivity index (χ4v) is 2.74. The largest absolute Gasteiger partial charge is 0.346 e. The van der Waals surface area contributed by atoms with Crippen LogP contribution in [-0.2, 0) is 16.0 Å². The standard InChI is InChI=1S/C17H24N2O2/c1-3-19(12-9-14-7-5-4-6-8-14)17(21)15-10-11-18(2)16(20)13-15/h4-8,15H,3,9-13H2,1-2H3/t15-/m0/s1. The first-order valence-electron chi connectivity index (χ1n) is 7.68. The Kier molecular flexibility index (Phi) is 5.37. The Morgan fingerprint density at radius 1 is 1.33 bits per heavy atom. The van der Waals surface area contributed by atoms with Crippen LogP contribution < -0.4 is 0 Å². The quantitative estimate of drug-likeness (QED) is 0.831. The molecule has 2 rings (SSSR count). The lowest BCUT2D eigenvalue weighted by Crippen LogP contribution is -2.44. The van der Waals surface area contributed by atoms with E-state index in [1.165, 1.54) is 5.56 Å². The van der Waals surface area contributed by atoms with Crippen molar-refractivity contribution >= 4 is 11.8 Å². The van der Waals surface area contributed by atoms with Gasteiger partial charge in [0.15, 0.2) is 0 Å². The van der Waals surface area contributed by atoms with Gasteiger partial charge in [0.2, 0.25) is 11.8 Å². The van der Waals surface area contributed by atoms with Crippen molar-refractivity contribution in [2.75, 3.05) is 26.7 Å². The number of rotatable bonds is 5. The van der Waals surface area contributed by atoms with E-state index in [9.17, 15) is 9.59 Å². The van der Waals surface area contributed by atoms with E-state index >= 15 is 0 Å². The van der Waals surface area contributed by atoms with Gasteiger partial charge in [-0.2, -0.15) is 0 Å². The van der Waals surface area contributed by atoms with Crippen LogP contribution >= 0.6 is 0 Å². The van der Waals surface area contributed by atoms with Crippen molar-refractivity contribution < 1.29 is 9.59 Å². The van der Waals surface area contributed by atoms with E-state index < -0.39 is 0 Å². The van der Waals surface area contributed by atoms with Crippen LogP contribution in [0.5, 0.6) is 0 Å². The first-order valence-corrected chi connectivity index (χ1v) is 7.68. The van der Waals surface area contributed by atoms with Crippen molar-refractivity contribution in [1.82, 2.24) is 9.80 Å². The third-order valence-corrected chi connectivity index (χ3v) is 4.22. The van der Waals surface area contributed by atoms with Gasteiger partial charge in [0, 0.05) is 39.0 Å². The van der Waals surface area contributed by atoms with Gasteiger partial charge in [0.1, 0.15) is 0 Å². The monoisotopic (exact) mass is 288 g/mol. The molecule has 0 N–H and O–H groups in total. The third kappa shape index (κ3) is 4.06. The zero-order valence-corrected chi connectivity index (χ0v) is 12.9. The molecule has 1 saturated heterocycles. The fraction of sp³-hybridized carbons (Fsp3) is 0.529. The molecule has 4 heteroatoms. The molecule has 4 nitrogen and oxygen atoms in total. The fourth-order valence-electron chi connectivity index (χ4n) is 2.74. The highest BCUT2D eigenvalue weighted by atomic mass is 16.2. The molecule has 0 aromatic heterocycles. The Balaban J connectivity index is 1.91. The van der Waals surface area contributed by atoms with Crippen LogP contribution in [-0.4, -0.2) is 48.3 Å². The van der Waals surface area contributed by atoms with Crippen molar-refractivity contribution in [3.05, 3.63) is 35.9 Å². The second-order valence-electron chi connectivity index (χ2n) is 5.66. The Labute approximate surface area is 126 Å². The van der Waals surface area contributed by atoms with E-state index in [0.29, 0.717) is 19.5 Å². The number of hydrogen-bond acceptors (Lipinski definition) is 2. The van der Waals surface area contributed by atoms with Gasteiger partial charge in [-0.3, -0.25) is 9.59 Å². The van der Waals surface area contributed by atoms with E-state index in [-0.39, 0.29) is 17.7 Å². The summed E-state index contributed by atoms with van der Waals surface area (Å²) in [5.74, 6) is 0.0815. The normalized spacial score (nSPS) is 18.7. The molecule has 0 unspecified atom stereocenters. The van der Waals surface area contributed by atoms with Crippen molar-refractivity contribution in [3.8, 4) is 0 Å². The predicted octanol–water partition coefficient (Wildman–Crippen LogP) is 1.95. The maximum absolute atomic E-state index is 12.6. The summed E-state index contributed by atoms with van der Waals surface area (Å²) in [6.07, 6.45) is 2.00. The molecule has 1 aromatic rings. The molecule has 0 radical (unpaired) electrons. The molecule has 1 heterocycles. The minimum absolute atomic E-state index is 0.0821. The molecule has 1 fully saturated rings. The number of amides is 2. The van der Waals surface area contributed by atoms with E-state index in [4.69, 9.17) is 0 Å². The van der Waals surface area contributed by atoms with Gasteiger partial charge in [-0.15, -0.1) is 0 Å². The van der Waals surface area contributed by atoms with Crippen molar-refractivity contribution in [1.29, 1.82) is 0 Å². The Bertz CT molecular complexity index is 487. The lowest BCUT2D eigenvalue weighted by Gasteiger charge is -2.31. The highest BCUT2D eigenvalue weighted by Gasteiger charge is 2.30. The van der Waals surface area contributed by atoms with Crippen LogP contribution in [0.25, 0.3) is 0 Å². The molecule has 21 heavy (non-hydrogen) atoms. The van der Waals surface area contributed by atoms with E-state index in [1.807, 2.05) is 30.0 Å². The number of likely N-dealkylation sites (N-methyl/N-ethyl adjacent to an activating group) is 1. The maximum atomic E-state index is 12.6. The molecule has 1 aliphatic heterocycles. The molecule has 0 spiro atoms. The number of benzene rings is 1. The zero-order valence-electron chi connectivity index (χ0n) is 12.9. The number of carbonyl (C=O) groups is 2. The average molecular weight is 288 g/mol. The lowest BCUT2D eigenvalue weighted by atomic mass is 9.95. The summed E-state index contributed by atoms with van der Waals surface area (Å²) < 4.78 is 0.